The molecule has 1 N–H and O–H groups in total. The maximum Gasteiger partial charge on any atom is 0.289 e. The number of anilines is 1. The van der Waals surface area contributed by atoms with Crippen LogP contribution < -0.4 is 5.32 Å². The maximum atomic E-state index is 12.7. The monoisotopic (exact) mass is 433 g/mol. The molecule has 1 amide bonds. The standard InChI is InChI=1S/C19H16ClN3O3S2/c20-14-4-3-12(10-15(14)23(25)26)21-18(24)11-22-7-5-16-13(6-9-28-16)19(22)17-2-1-8-27-17/h1-4,6,8-10,19H,5,7,11H2,(H,21,24). The largest absolute Gasteiger partial charge is 0.325 e. The Kier molecular flexibility index (Phi) is 5.45. The van der Waals surface area contributed by atoms with Crippen LogP contribution in [0.25, 0.3) is 0 Å². The third-order valence-electron chi connectivity index (χ3n) is 4.65. The van der Waals surface area contributed by atoms with Crippen LogP contribution in [0.2, 0.25) is 5.02 Å². The van der Waals surface area contributed by atoms with Gasteiger partial charge in [-0.05, 0) is 47.0 Å². The number of benzene rings is 1. The number of nitro groups is 1. The highest BCUT2D eigenvalue weighted by Gasteiger charge is 2.31. The van der Waals surface area contributed by atoms with Crippen LogP contribution in [0.5, 0.6) is 0 Å². The Bertz CT molecular complexity index is 1020. The summed E-state index contributed by atoms with van der Waals surface area (Å²) in [7, 11) is 0. The van der Waals surface area contributed by atoms with Gasteiger partial charge < -0.3 is 5.32 Å². The Balaban J connectivity index is 1.53. The van der Waals surface area contributed by atoms with Crippen molar-refractivity contribution in [2.24, 2.45) is 0 Å². The van der Waals surface area contributed by atoms with E-state index in [0.717, 1.165) is 13.0 Å². The van der Waals surface area contributed by atoms with E-state index in [1.807, 2.05) is 11.4 Å². The SMILES string of the molecule is O=C(CN1CCc2sccc2C1c1cccs1)Nc1ccc(Cl)c([N+](=O)[O-])c1. The van der Waals surface area contributed by atoms with Crippen molar-refractivity contribution in [1.82, 2.24) is 4.90 Å². The van der Waals surface area contributed by atoms with Crippen molar-refractivity contribution in [3.63, 3.8) is 0 Å². The molecule has 0 saturated heterocycles. The van der Waals surface area contributed by atoms with Gasteiger partial charge in [-0.25, -0.2) is 0 Å². The average Bonchev–Trinajstić information content (AvgIpc) is 3.34. The van der Waals surface area contributed by atoms with Gasteiger partial charge in [0.25, 0.3) is 5.69 Å². The molecule has 0 saturated carbocycles. The molecule has 1 atom stereocenters. The molecule has 0 aliphatic carbocycles. The number of nitro benzene ring substituents is 1. The van der Waals surface area contributed by atoms with Crippen LogP contribution in [-0.4, -0.2) is 28.8 Å². The zero-order chi connectivity index (χ0) is 19.7. The zero-order valence-electron chi connectivity index (χ0n) is 14.6. The lowest BCUT2D eigenvalue weighted by Crippen LogP contribution is -2.40. The normalized spacial score (nSPS) is 16.5. The highest BCUT2D eigenvalue weighted by molar-refractivity contribution is 7.10. The predicted molar refractivity (Wildman–Crippen MR) is 112 cm³/mol. The van der Waals surface area contributed by atoms with Gasteiger partial charge in [-0.2, -0.15) is 0 Å². The molecule has 144 valence electrons. The highest BCUT2D eigenvalue weighted by Crippen LogP contribution is 2.39. The van der Waals surface area contributed by atoms with E-state index in [1.54, 1.807) is 28.7 Å². The molecule has 3 heterocycles. The summed E-state index contributed by atoms with van der Waals surface area (Å²) in [6, 6.07) is 10.6. The fourth-order valence-electron chi connectivity index (χ4n) is 3.43. The van der Waals surface area contributed by atoms with Gasteiger partial charge in [0.05, 0.1) is 17.5 Å². The number of nitrogens with zero attached hydrogens (tertiary/aromatic N) is 2. The Morgan fingerprint density at radius 1 is 1.29 bits per heavy atom. The number of rotatable bonds is 5. The Labute approximate surface area is 174 Å². The van der Waals surface area contributed by atoms with Crippen LogP contribution >= 0.6 is 34.3 Å². The number of hydrogen-bond donors (Lipinski definition) is 1. The average molecular weight is 434 g/mol. The van der Waals surface area contributed by atoms with Crippen molar-refractivity contribution in [3.05, 3.63) is 77.6 Å². The van der Waals surface area contributed by atoms with Crippen molar-refractivity contribution < 1.29 is 9.72 Å². The van der Waals surface area contributed by atoms with Gasteiger partial charge in [0.2, 0.25) is 5.91 Å². The third-order valence-corrected chi connectivity index (χ3v) is 6.89. The molecular formula is C19H16ClN3O3S2. The van der Waals surface area contributed by atoms with Crippen LogP contribution in [0.15, 0.2) is 47.2 Å². The minimum atomic E-state index is -0.562. The molecule has 9 heteroatoms. The number of halogens is 1. The third kappa shape index (κ3) is 3.81. The number of carbonyl (C=O) groups is 1. The number of hydrogen-bond acceptors (Lipinski definition) is 6. The van der Waals surface area contributed by atoms with E-state index in [0.29, 0.717) is 5.69 Å². The van der Waals surface area contributed by atoms with Crippen molar-refractivity contribution in [3.8, 4) is 0 Å². The summed E-state index contributed by atoms with van der Waals surface area (Å²) < 4.78 is 0. The Morgan fingerprint density at radius 2 is 2.14 bits per heavy atom. The van der Waals surface area contributed by atoms with Crippen molar-refractivity contribution >= 4 is 51.6 Å². The first-order valence-electron chi connectivity index (χ1n) is 8.60. The van der Waals surface area contributed by atoms with Gasteiger partial charge in [0, 0.05) is 28.1 Å². The fourth-order valence-corrected chi connectivity index (χ4v) is 5.40. The number of nitrogens with one attached hydrogen (secondary N) is 1. The van der Waals surface area contributed by atoms with E-state index in [1.165, 1.54) is 27.5 Å². The molecule has 1 aromatic carbocycles. The molecule has 1 aliphatic heterocycles. The first-order valence-corrected chi connectivity index (χ1v) is 10.7. The van der Waals surface area contributed by atoms with E-state index in [4.69, 9.17) is 11.6 Å². The maximum absolute atomic E-state index is 12.7. The van der Waals surface area contributed by atoms with Gasteiger partial charge in [-0.15, -0.1) is 22.7 Å². The summed E-state index contributed by atoms with van der Waals surface area (Å²) in [6.07, 6.45) is 0.911. The van der Waals surface area contributed by atoms with E-state index in [9.17, 15) is 14.9 Å². The Hall–Kier alpha value is -2.26. The summed E-state index contributed by atoms with van der Waals surface area (Å²) in [4.78, 5) is 27.9. The van der Waals surface area contributed by atoms with Gasteiger partial charge in [-0.3, -0.25) is 19.8 Å². The molecule has 6 nitrogen and oxygen atoms in total. The van der Waals surface area contributed by atoms with Crippen molar-refractivity contribution in [2.75, 3.05) is 18.4 Å². The second-order valence-corrected chi connectivity index (χ2v) is 8.80. The molecule has 3 aromatic rings. The van der Waals surface area contributed by atoms with E-state index in [2.05, 4.69) is 27.7 Å². The first kappa shape index (κ1) is 19.1. The second-order valence-electron chi connectivity index (χ2n) is 6.41. The highest BCUT2D eigenvalue weighted by atomic mass is 35.5. The summed E-state index contributed by atoms with van der Waals surface area (Å²) >= 11 is 9.27. The van der Waals surface area contributed by atoms with Crippen molar-refractivity contribution in [1.29, 1.82) is 0 Å². The lowest BCUT2D eigenvalue weighted by molar-refractivity contribution is -0.384. The number of fused-ring (bicyclic) bond motifs is 1. The predicted octanol–water partition coefficient (Wildman–Crippen LogP) is 4.96. The van der Waals surface area contributed by atoms with Crippen LogP contribution in [-0.2, 0) is 11.2 Å². The summed E-state index contributed by atoms with van der Waals surface area (Å²) in [5.74, 6) is -0.211. The molecule has 0 spiro atoms. The second kappa shape index (κ2) is 8.00. The Morgan fingerprint density at radius 3 is 2.89 bits per heavy atom. The topological polar surface area (TPSA) is 75.5 Å². The minimum Gasteiger partial charge on any atom is -0.325 e. The number of carbonyl (C=O) groups excluding carboxylic acids is 1. The first-order chi connectivity index (χ1) is 13.5. The summed E-state index contributed by atoms with van der Waals surface area (Å²) in [6.45, 7) is 0.985. The van der Waals surface area contributed by atoms with Crippen molar-refractivity contribution in [2.45, 2.75) is 12.5 Å². The van der Waals surface area contributed by atoms with E-state index in [-0.39, 0.29) is 29.2 Å². The van der Waals surface area contributed by atoms with Gasteiger partial charge in [0.1, 0.15) is 5.02 Å². The molecule has 0 bridgehead atoms. The molecule has 0 radical (unpaired) electrons. The quantitative estimate of drug-likeness (QED) is 0.456. The number of thiophene rings is 2. The van der Waals surface area contributed by atoms with Crippen LogP contribution in [0.4, 0.5) is 11.4 Å². The van der Waals surface area contributed by atoms with Crippen LogP contribution in [0.1, 0.15) is 21.4 Å². The van der Waals surface area contributed by atoms with Gasteiger partial charge in [-0.1, -0.05) is 17.7 Å². The zero-order valence-corrected chi connectivity index (χ0v) is 17.0. The molecule has 28 heavy (non-hydrogen) atoms. The molecule has 4 rings (SSSR count). The molecule has 1 unspecified atom stereocenters. The molecule has 1 aliphatic rings. The smallest absolute Gasteiger partial charge is 0.289 e. The summed E-state index contributed by atoms with van der Waals surface area (Å²) in [5, 5.41) is 18.0. The van der Waals surface area contributed by atoms with Crippen LogP contribution in [0, 0.1) is 10.1 Å². The number of amides is 1. The molecular weight excluding hydrogens is 418 g/mol. The minimum absolute atomic E-state index is 0.0433. The van der Waals surface area contributed by atoms with E-state index < -0.39 is 4.92 Å². The lowest BCUT2D eigenvalue weighted by Gasteiger charge is -2.34. The fraction of sp³-hybridized carbons (Fsp3) is 0.211. The summed E-state index contributed by atoms with van der Waals surface area (Å²) in [5.41, 5.74) is 1.40. The van der Waals surface area contributed by atoms with Gasteiger partial charge >= 0.3 is 0 Å². The molecule has 2 aromatic heterocycles. The lowest BCUT2D eigenvalue weighted by atomic mass is 9.98. The van der Waals surface area contributed by atoms with E-state index >= 15 is 0 Å². The molecule has 0 fully saturated rings. The van der Waals surface area contributed by atoms with Gasteiger partial charge in [0.15, 0.2) is 0 Å². The van der Waals surface area contributed by atoms with Crippen LogP contribution in [0.3, 0.4) is 0 Å².